The third-order valence-electron chi connectivity index (χ3n) is 2.46. The Hall–Kier alpha value is -1.10. The Labute approximate surface area is 109 Å². The molecular formula is C13H26N2O3. The maximum absolute atomic E-state index is 11.5. The van der Waals surface area contributed by atoms with Crippen LogP contribution in [0.4, 0.5) is 0 Å². The number of carboxylic acids is 1. The van der Waals surface area contributed by atoms with Gasteiger partial charge >= 0.3 is 5.97 Å². The van der Waals surface area contributed by atoms with E-state index < -0.39 is 5.97 Å². The fourth-order valence-corrected chi connectivity index (χ4v) is 1.53. The zero-order valence-electron chi connectivity index (χ0n) is 11.9. The molecule has 1 unspecified atom stereocenters. The minimum atomic E-state index is -0.751. The van der Waals surface area contributed by atoms with Gasteiger partial charge in [-0.15, -0.1) is 0 Å². The van der Waals surface area contributed by atoms with Gasteiger partial charge in [0.1, 0.15) is 0 Å². The molecule has 18 heavy (non-hydrogen) atoms. The van der Waals surface area contributed by atoms with Crippen LogP contribution < -0.4 is 10.6 Å². The molecule has 5 nitrogen and oxygen atoms in total. The second-order valence-electron chi connectivity index (χ2n) is 5.80. The summed E-state index contributed by atoms with van der Waals surface area (Å²) in [5.41, 5.74) is -0.201. The van der Waals surface area contributed by atoms with Gasteiger partial charge in [-0.05, 0) is 46.1 Å². The van der Waals surface area contributed by atoms with Crippen molar-refractivity contribution >= 4 is 11.9 Å². The Balaban J connectivity index is 3.55. The molecule has 0 spiro atoms. The molecule has 0 fully saturated rings. The molecule has 0 aliphatic rings. The van der Waals surface area contributed by atoms with E-state index in [2.05, 4.69) is 10.6 Å². The first-order valence-electron chi connectivity index (χ1n) is 6.44. The van der Waals surface area contributed by atoms with Gasteiger partial charge in [-0.25, -0.2) is 0 Å². The summed E-state index contributed by atoms with van der Waals surface area (Å²) < 4.78 is 0. The molecule has 0 aromatic rings. The fourth-order valence-electron chi connectivity index (χ4n) is 1.53. The molecule has 0 saturated heterocycles. The van der Waals surface area contributed by atoms with Crippen LogP contribution in [-0.4, -0.2) is 35.6 Å². The van der Waals surface area contributed by atoms with Crippen molar-refractivity contribution in [2.24, 2.45) is 5.92 Å². The van der Waals surface area contributed by atoms with E-state index in [-0.39, 0.29) is 17.9 Å². The van der Waals surface area contributed by atoms with Crippen LogP contribution in [0.2, 0.25) is 0 Å². The van der Waals surface area contributed by atoms with Gasteiger partial charge in [0.25, 0.3) is 0 Å². The lowest BCUT2D eigenvalue weighted by Crippen LogP contribution is -2.45. The highest BCUT2D eigenvalue weighted by Gasteiger charge is 2.13. The van der Waals surface area contributed by atoms with E-state index in [1.165, 1.54) is 0 Å². The first-order valence-corrected chi connectivity index (χ1v) is 6.44. The van der Waals surface area contributed by atoms with E-state index in [1.807, 2.05) is 27.7 Å². The Morgan fingerprint density at radius 3 is 2.33 bits per heavy atom. The third-order valence-corrected chi connectivity index (χ3v) is 2.46. The summed E-state index contributed by atoms with van der Waals surface area (Å²) in [6.07, 6.45) is 1.78. The van der Waals surface area contributed by atoms with E-state index in [0.717, 1.165) is 13.0 Å². The van der Waals surface area contributed by atoms with Crippen molar-refractivity contribution in [2.45, 2.75) is 52.5 Å². The molecule has 1 amide bonds. The zero-order chi connectivity index (χ0) is 14.2. The first kappa shape index (κ1) is 16.9. The summed E-state index contributed by atoms with van der Waals surface area (Å²) in [5, 5.41) is 14.5. The Kier molecular flexibility index (Phi) is 7.59. The van der Waals surface area contributed by atoms with Crippen molar-refractivity contribution in [3.05, 3.63) is 0 Å². The maximum atomic E-state index is 11.5. The molecule has 0 rings (SSSR count). The molecule has 0 aliphatic heterocycles. The van der Waals surface area contributed by atoms with Crippen LogP contribution in [0.25, 0.3) is 0 Å². The summed E-state index contributed by atoms with van der Waals surface area (Å²) in [7, 11) is 0. The molecule has 0 bridgehead atoms. The lowest BCUT2D eigenvalue weighted by Gasteiger charge is -2.20. The lowest BCUT2D eigenvalue weighted by molar-refractivity contribution is -0.137. The maximum Gasteiger partial charge on any atom is 0.303 e. The summed E-state index contributed by atoms with van der Waals surface area (Å²) in [6.45, 7) is 8.90. The van der Waals surface area contributed by atoms with E-state index in [9.17, 15) is 9.59 Å². The Morgan fingerprint density at radius 2 is 1.83 bits per heavy atom. The quantitative estimate of drug-likeness (QED) is 0.575. The van der Waals surface area contributed by atoms with Crippen LogP contribution in [0.1, 0.15) is 47.0 Å². The van der Waals surface area contributed by atoms with Crippen molar-refractivity contribution in [3.8, 4) is 0 Å². The molecule has 3 N–H and O–H groups in total. The molecule has 0 aromatic heterocycles. The van der Waals surface area contributed by atoms with Gasteiger partial charge in [-0.3, -0.25) is 9.59 Å². The number of aliphatic carboxylic acids is 1. The average Bonchev–Trinajstić information content (AvgIpc) is 2.19. The van der Waals surface area contributed by atoms with Crippen molar-refractivity contribution in [3.63, 3.8) is 0 Å². The van der Waals surface area contributed by atoms with Gasteiger partial charge in [0.15, 0.2) is 0 Å². The number of rotatable bonds is 8. The van der Waals surface area contributed by atoms with E-state index in [1.54, 1.807) is 0 Å². The normalized spacial score (nSPS) is 13.1. The zero-order valence-corrected chi connectivity index (χ0v) is 11.9. The minimum absolute atomic E-state index is 0.0133. The van der Waals surface area contributed by atoms with Crippen molar-refractivity contribution in [1.29, 1.82) is 0 Å². The largest absolute Gasteiger partial charge is 0.481 e. The molecule has 0 aliphatic carbocycles. The molecular weight excluding hydrogens is 232 g/mol. The molecule has 106 valence electrons. The van der Waals surface area contributed by atoms with E-state index >= 15 is 0 Å². The molecule has 5 heteroatoms. The van der Waals surface area contributed by atoms with Crippen molar-refractivity contribution in [2.75, 3.05) is 13.1 Å². The first-order chi connectivity index (χ1) is 8.20. The molecule has 0 heterocycles. The average molecular weight is 258 g/mol. The summed E-state index contributed by atoms with van der Waals surface area (Å²) in [4.78, 5) is 21.9. The van der Waals surface area contributed by atoms with Gasteiger partial charge < -0.3 is 15.7 Å². The lowest BCUT2D eigenvalue weighted by atomic mass is 10.0. The van der Waals surface area contributed by atoms with Gasteiger partial charge in [-0.1, -0.05) is 6.92 Å². The topological polar surface area (TPSA) is 78.4 Å². The summed E-state index contributed by atoms with van der Waals surface area (Å²) in [5.74, 6) is -0.403. The standard InChI is InChI=1S/C13H26N2O3/c1-10(5-6-12(17)18)7-8-14-9-11(16)15-13(2,3)4/h10,14H,5-9H2,1-4H3,(H,15,16)(H,17,18). The predicted molar refractivity (Wildman–Crippen MR) is 71.4 cm³/mol. The van der Waals surface area contributed by atoms with Crippen LogP contribution in [0.5, 0.6) is 0 Å². The number of nitrogens with one attached hydrogen (secondary N) is 2. The van der Waals surface area contributed by atoms with Gasteiger partial charge in [0.05, 0.1) is 6.54 Å². The van der Waals surface area contributed by atoms with Crippen LogP contribution >= 0.6 is 0 Å². The number of hydrogen-bond donors (Lipinski definition) is 3. The minimum Gasteiger partial charge on any atom is -0.481 e. The molecule has 0 radical (unpaired) electrons. The molecule has 0 aromatic carbocycles. The van der Waals surface area contributed by atoms with E-state index in [4.69, 9.17) is 5.11 Å². The highest BCUT2D eigenvalue weighted by atomic mass is 16.4. The van der Waals surface area contributed by atoms with Crippen molar-refractivity contribution in [1.82, 2.24) is 10.6 Å². The van der Waals surface area contributed by atoms with Crippen molar-refractivity contribution < 1.29 is 14.7 Å². The smallest absolute Gasteiger partial charge is 0.303 e. The van der Waals surface area contributed by atoms with Gasteiger partial charge in [-0.2, -0.15) is 0 Å². The van der Waals surface area contributed by atoms with Crippen LogP contribution in [-0.2, 0) is 9.59 Å². The summed E-state index contributed by atoms with van der Waals surface area (Å²) >= 11 is 0. The molecule has 1 atom stereocenters. The van der Waals surface area contributed by atoms with Crippen LogP contribution in [0, 0.1) is 5.92 Å². The number of carbonyl (C=O) groups is 2. The number of carboxylic acid groups (broad SMARTS) is 1. The fraction of sp³-hybridized carbons (Fsp3) is 0.846. The Morgan fingerprint density at radius 1 is 1.22 bits per heavy atom. The summed E-state index contributed by atoms with van der Waals surface area (Å²) in [6, 6.07) is 0. The van der Waals surface area contributed by atoms with Crippen LogP contribution in [0.3, 0.4) is 0 Å². The third kappa shape index (κ3) is 11.4. The molecule has 0 saturated carbocycles. The second kappa shape index (κ2) is 8.08. The highest BCUT2D eigenvalue weighted by molar-refractivity contribution is 5.78. The number of carbonyl (C=O) groups excluding carboxylic acids is 1. The number of hydrogen-bond acceptors (Lipinski definition) is 3. The monoisotopic (exact) mass is 258 g/mol. The second-order valence-corrected chi connectivity index (χ2v) is 5.80. The van der Waals surface area contributed by atoms with Crippen LogP contribution in [0.15, 0.2) is 0 Å². The SMILES string of the molecule is CC(CCNCC(=O)NC(C)(C)C)CCC(=O)O. The highest BCUT2D eigenvalue weighted by Crippen LogP contribution is 2.08. The van der Waals surface area contributed by atoms with E-state index in [0.29, 0.717) is 18.9 Å². The van der Waals surface area contributed by atoms with Gasteiger partial charge in [0, 0.05) is 12.0 Å². The van der Waals surface area contributed by atoms with Gasteiger partial charge in [0.2, 0.25) is 5.91 Å². The predicted octanol–water partition coefficient (Wildman–Crippen LogP) is 1.38. The Bertz CT molecular complexity index is 272. The number of amides is 1.